The van der Waals surface area contributed by atoms with Crippen LogP contribution in [0.1, 0.15) is 25.0 Å². The van der Waals surface area contributed by atoms with Gasteiger partial charge in [0, 0.05) is 17.6 Å². The van der Waals surface area contributed by atoms with Crippen LogP contribution in [0.25, 0.3) is 11.0 Å². The summed E-state index contributed by atoms with van der Waals surface area (Å²) in [5.74, 6) is 0.0701. The SMILES string of the molecule is CC.Cc1c(C#N)cnc2[nH]c(O)cc12. The smallest absolute Gasteiger partial charge is 0.190 e. The molecule has 0 unspecified atom stereocenters. The van der Waals surface area contributed by atoms with Gasteiger partial charge in [-0.05, 0) is 12.5 Å². The molecule has 2 N–H and O–H groups in total. The van der Waals surface area contributed by atoms with Crippen LogP contribution in [0.4, 0.5) is 0 Å². The Morgan fingerprint density at radius 2 is 2.13 bits per heavy atom. The Hall–Kier alpha value is -2.02. The molecule has 2 aromatic heterocycles. The van der Waals surface area contributed by atoms with Gasteiger partial charge in [-0.1, -0.05) is 13.8 Å². The maximum absolute atomic E-state index is 9.17. The summed E-state index contributed by atoms with van der Waals surface area (Å²) < 4.78 is 0. The normalized spacial score (nSPS) is 9.20. The van der Waals surface area contributed by atoms with Gasteiger partial charge >= 0.3 is 0 Å². The second-order valence-corrected chi connectivity index (χ2v) is 2.83. The third-order valence-corrected chi connectivity index (χ3v) is 2.03. The number of pyridine rings is 1. The first kappa shape index (κ1) is 11.1. The number of aryl methyl sites for hydroxylation is 1. The lowest BCUT2D eigenvalue weighted by Gasteiger charge is -1.96. The van der Waals surface area contributed by atoms with Gasteiger partial charge in [-0.15, -0.1) is 0 Å². The number of rotatable bonds is 0. The van der Waals surface area contributed by atoms with Crippen molar-refractivity contribution in [3.63, 3.8) is 0 Å². The Kier molecular flexibility index (Phi) is 3.29. The van der Waals surface area contributed by atoms with Crippen LogP contribution in [0.15, 0.2) is 12.3 Å². The second kappa shape index (κ2) is 4.47. The highest BCUT2D eigenvalue weighted by molar-refractivity contribution is 5.82. The van der Waals surface area contributed by atoms with E-state index in [0.29, 0.717) is 11.2 Å². The molecule has 0 aromatic carbocycles. The van der Waals surface area contributed by atoms with E-state index in [0.717, 1.165) is 10.9 Å². The third-order valence-electron chi connectivity index (χ3n) is 2.03. The summed E-state index contributed by atoms with van der Waals surface area (Å²) in [7, 11) is 0. The van der Waals surface area contributed by atoms with Gasteiger partial charge < -0.3 is 10.1 Å². The number of nitriles is 1. The van der Waals surface area contributed by atoms with Crippen LogP contribution in [-0.4, -0.2) is 15.1 Å². The van der Waals surface area contributed by atoms with Crippen LogP contribution in [0.3, 0.4) is 0 Å². The van der Waals surface area contributed by atoms with Gasteiger partial charge in [0.1, 0.15) is 11.7 Å². The molecular weight excluding hydrogens is 190 g/mol. The Morgan fingerprint density at radius 1 is 1.47 bits per heavy atom. The molecule has 0 aliphatic rings. The van der Waals surface area contributed by atoms with E-state index >= 15 is 0 Å². The number of nitrogens with one attached hydrogen (secondary N) is 1. The van der Waals surface area contributed by atoms with E-state index < -0.39 is 0 Å². The largest absolute Gasteiger partial charge is 0.495 e. The molecule has 0 amide bonds. The molecule has 78 valence electrons. The van der Waals surface area contributed by atoms with Crippen LogP contribution in [-0.2, 0) is 0 Å². The number of nitrogens with zero attached hydrogens (tertiary/aromatic N) is 2. The van der Waals surface area contributed by atoms with Gasteiger partial charge in [0.15, 0.2) is 5.88 Å². The Balaban J connectivity index is 0.000000531. The van der Waals surface area contributed by atoms with Crippen molar-refractivity contribution in [1.82, 2.24) is 9.97 Å². The second-order valence-electron chi connectivity index (χ2n) is 2.83. The molecule has 2 rings (SSSR count). The van der Waals surface area contributed by atoms with Crippen molar-refractivity contribution >= 4 is 11.0 Å². The lowest BCUT2D eigenvalue weighted by molar-refractivity contribution is 0.458. The zero-order valence-electron chi connectivity index (χ0n) is 9.00. The predicted octanol–water partition coefficient (Wildman–Crippen LogP) is 2.47. The van der Waals surface area contributed by atoms with E-state index in [4.69, 9.17) is 10.4 Å². The summed E-state index contributed by atoms with van der Waals surface area (Å²) in [5.41, 5.74) is 1.98. The zero-order chi connectivity index (χ0) is 11.4. The Morgan fingerprint density at radius 3 is 2.73 bits per heavy atom. The minimum Gasteiger partial charge on any atom is -0.495 e. The summed E-state index contributed by atoms with van der Waals surface area (Å²) in [6, 6.07) is 3.61. The maximum atomic E-state index is 9.17. The van der Waals surface area contributed by atoms with Gasteiger partial charge in [-0.25, -0.2) is 4.98 Å². The average Bonchev–Trinajstić information content (AvgIpc) is 2.63. The van der Waals surface area contributed by atoms with Crippen molar-refractivity contribution in [2.45, 2.75) is 20.8 Å². The van der Waals surface area contributed by atoms with Gasteiger partial charge in [-0.3, -0.25) is 0 Å². The van der Waals surface area contributed by atoms with E-state index in [1.807, 2.05) is 26.8 Å². The van der Waals surface area contributed by atoms with E-state index in [-0.39, 0.29) is 5.88 Å². The quantitative estimate of drug-likeness (QED) is 0.690. The van der Waals surface area contributed by atoms with Crippen molar-refractivity contribution in [1.29, 1.82) is 5.26 Å². The number of aromatic hydroxyl groups is 1. The van der Waals surface area contributed by atoms with Gasteiger partial charge in [0.05, 0.1) is 5.56 Å². The van der Waals surface area contributed by atoms with Crippen LogP contribution in [0.2, 0.25) is 0 Å². The predicted molar refractivity (Wildman–Crippen MR) is 58.6 cm³/mol. The maximum Gasteiger partial charge on any atom is 0.190 e. The highest BCUT2D eigenvalue weighted by Gasteiger charge is 2.06. The lowest BCUT2D eigenvalue weighted by Crippen LogP contribution is -1.85. The summed E-state index contributed by atoms with van der Waals surface area (Å²) in [6.07, 6.45) is 1.49. The first-order chi connectivity index (χ1) is 7.22. The Bertz CT molecular complexity index is 508. The van der Waals surface area contributed by atoms with Crippen LogP contribution >= 0.6 is 0 Å². The molecule has 0 radical (unpaired) electrons. The number of aromatic amines is 1. The minimum absolute atomic E-state index is 0.0701. The fraction of sp³-hybridized carbons (Fsp3) is 0.273. The first-order valence-corrected chi connectivity index (χ1v) is 4.80. The summed E-state index contributed by atoms with van der Waals surface area (Å²) in [4.78, 5) is 6.68. The molecule has 2 aromatic rings. The molecule has 0 bridgehead atoms. The molecule has 2 heterocycles. The third kappa shape index (κ3) is 1.91. The average molecular weight is 203 g/mol. The fourth-order valence-electron chi connectivity index (χ4n) is 1.30. The minimum atomic E-state index is 0.0701. The molecule has 0 spiro atoms. The number of fused-ring (bicyclic) bond motifs is 1. The molecule has 0 atom stereocenters. The number of H-pyrrole nitrogens is 1. The van der Waals surface area contributed by atoms with Crippen molar-refractivity contribution in [3.05, 3.63) is 23.4 Å². The molecule has 4 nitrogen and oxygen atoms in total. The van der Waals surface area contributed by atoms with Crippen molar-refractivity contribution in [3.8, 4) is 11.9 Å². The van der Waals surface area contributed by atoms with E-state index in [2.05, 4.69) is 9.97 Å². The number of aromatic nitrogens is 2. The highest BCUT2D eigenvalue weighted by atomic mass is 16.3. The lowest BCUT2D eigenvalue weighted by atomic mass is 10.1. The number of hydrogen-bond donors (Lipinski definition) is 2. The monoisotopic (exact) mass is 203 g/mol. The van der Waals surface area contributed by atoms with Crippen molar-refractivity contribution < 1.29 is 5.11 Å². The Labute approximate surface area is 88.2 Å². The molecule has 0 fully saturated rings. The van der Waals surface area contributed by atoms with E-state index in [9.17, 15) is 0 Å². The fourth-order valence-corrected chi connectivity index (χ4v) is 1.30. The molecular formula is C11H13N3O. The van der Waals surface area contributed by atoms with Crippen LogP contribution in [0.5, 0.6) is 5.88 Å². The van der Waals surface area contributed by atoms with E-state index in [1.54, 1.807) is 6.07 Å². The number of hydrogen-bond acceptors (Lipinski definition) is 3. The molecule has 15 heavy (non-hydrogen) atoms. The van der Waals surface area contributed by atoms with Gasteiger partial charge in [-0.2, -0.15) is 5.26 Å². The van der Waals surface area contributed by atoms with Crippen molar-refractivity contribution in [2.75, 3.05) is 0 Å². The topological polar surface area (TPSA) is 72.7 Å². The van der Waals surface area contributed by atoms with Crippen LogP contribution < -0.4 is 0 Å². The highest BCUT2D eigenvalue weighted by Crippen LogP contribution is 2.22. The molecule has 0 aliphatic heterocycles. The molecule has 0 saturated carbocycles. The van der Waals surface area contributed by atoms with Gasteiger partial charge in [0.25, 0.3) is 0 Å². The first-order valence-electron chi connectivity index (χ1n) is 4.80. The zero-order valence-corrected chi connectivity index (χ0v) is 9.00. The summed E-state index contributed by atoms with van der Waals surface area (Å²) >= 11 is 0. The van der Waals surface area contributed by atoms with Gasteiger partial charge in [0.2, 0.25) is 0 Å². The standard InChI is InChI=1S/C9H7N3O.C2H6/c1-5-6(3-10)4-11-9-7(5)2-8(13)12-9;1-2/h2,4,13H,1H3,(H,11,12);1-2H3. The molecule has 4 heteroatoms. The van der Waals surface area contributed by atoms with Crippen LogP contribution in [0, 0.1) is 18.3 Å². The summed E-state index contributed by atoms with van der Waals surface area (Å²) in [5, 5.41) is 18.7. The van der Waals surface area contributed by atoms with E-state index in [1.165, 1.54) is 6.20 Å². The molecule has 0 aliphatic carbocycles. The summed E-state index contributed by atoms with van der Waals surface area (Å²) in [6.45, 7) is 5.83. The molecule has 0 saturated heterocycles. The van der Waals surface area contributed by atoms with Crippen molar-refractivity contribution in [2.24, 2.45) is 0 Å².